The Labute approximate surface area is 209 Å². The van der Waals surface area contributed by atoms with E-state index in [2.05, 4.69) is 72.5 Å². The lowest BCUT2D eigenvalue weighted by Crippen LogP contribution is -2.29. The van der Waals surface area contributed by atoms with Crippen LogP contribution >= 0.6 is 0 Å². The molecule has 0 radical (unpaired) electrons. The minimum absolute atomic E-state index is 0.186. The standard InChI is InChI=1S/C31H36N2O2/c1-2-3-21-32-22-19-29(31(32)34)30(20-23-35-25-27-15-9-5-10-16-27)33(28-17-11-6-12-18-28)24-26-13-7-4-8-14-26/h4-18H,2-3,19-25H2,1H3/b30-29+. The van der Waals surface area contributed by atoms with E-state index in [1.807, 2.05) is 35.2 Å². The topological polar surface area (TPSA) is 32.8 Å². The number of likely N-dealkylation sites (tertiary alicyclic amines) is 1. The minimum atomic E-state index is 0.186. The number of para-hydroxylation sites is 1. The van der Waals surface area contributed by atoms with Gasteiger partial charge in [0.25, 0.3) is 5.91 Å². The van der Waals surface area contributed by atoms with E-state index in [9.17, 15) is 4.79 Å². The molecular formula is C31H36N2O2. The van der Waals surface area contributed by atoms with Gasteiger partial charge in [0, 0.05) is 43.0 Å². The van der Waals surface area contributed by atoms with Crippen molar-refractivity contribution in [3.8, 4) is 0 Å². The number of nitrogens with zero attached hydrogens (tertiary/aromatic N) is 2. The van der Waals surface area contributed by atoms with Crippen molar-refractivity contribution in [1.29, 1.82) is 0 Å². The van der Waals surface area contributed by atoms with Crippen LogP contribution in [0, 0.1) is 0 Å². The molecule has 0 spiro atoms. The van der Waals surface area contributed by atoms with E-state index < -0.39 is 0 Å². The van der Waals surface area contributed by atoms with Crippen molar-refractivity contribution in [3.63, 3.8) is 0 Å². The van der Waals surface area contributed by atoms with Crippen LogP contribution in [0.25, 0.3) is 0 Å². The van der Waals surface area contributed by atoms with Crippen molar-refractivity contribution in [3.05, 3.63) is 113 Å². The summed E-state index contributed by atoms with van der Waals surface area (Å²) >= 11 is 0. The second kappa shape index (κ2) is 12.9. The van der Waals surface area contributed by atoms with Crippen molar-refractivity contribution in [2.24, 2.45) is 0 Å². The van der Waals surface area contributed by atoms with E-state index >= 15 is 0 Å². The van der Waals surface area contributed by atoms with Gasteiger partial charge in [-0.15, -0.1) is 0 Å². The molecule has 0 unspecified atom stereocenters. The summed E-state index contributed by atoms with van der Waals surface area (Å²) in [6, 6.07) is 31.1. The summed E-state index contributed by atoms with van der Waals surface area (Å²) in [4.78, 5) is 17.8. The van der Waals surface area contributed by atoms with Gasteiger partial charge < -0.3 is 14.5 Å². The number of amides is 1. The maximum absolute atomic E-state index is 13.5. The van der Waals surface area contributed by atoms with Crippen LogP contribution in [0.5, 0.6) is 0 Å². The molecule has 1 saturated heterocycles. The van der Waals surface area contributed by atoms with Crippen LogP contribution in [0.2, 0.25) is 0 Å². The highest BCUT2D eigenvalue weighted by Crippen LogP contribution is 2.31. The number of anilines is 1. The molecule has 182 valence electrons. The van der Waals surface area contributed by atoms with Gasteiger partial charge in [-0.05, 0) is 36.1 Å². The molecule has 3 aromatic carbocycles. The first-order chi connectivity index (χ1) is 17.3. The van der Waals surface area contributed by atoms with Gasteiger partial charge in [0.15, 0.2) is 0 Å². The van der Waals surface area contributed by atoms with Crippen molar-refractivity contribution in [2.45, 2.75) is 45.8 Å². The highest BCUT2D eigenvalue weighted by Gasteiger charge is 2.30. The summed E-state index contributed by atoms with van der Waals surface area (Å²) in [5, 5.41) is 0. The molecule has 1 fully saturated rings. The zero-order chi connectivity index (χ0) is 24.3. The van der Waals surface area contributed by atoms with Gasteiger partial charge in [-0.2, -0.15) is 0 Å². The van der Waals surface area contributed by atoms with E-state index in [0.29, 0.717) is 26.2 Å². The predicted octanol–water partition coefficient (Wildman–Crippen LogP) is 6.59. The first-order valence-corrected chi connectivity index (χ1v) is 12.8. The van der Waals surface area contributed by atoms with Gasteiger partial charge in [-0.3, -0.25) is 4.79 Å². The molecule has 4 nitrogen and oxygen atoms in total. The summed E-state index contributed by atoms with van der Waals surface area (Å²) in [5.74, 6) is 0.186. The van der Waals surface area contributed by atoms with Gasteiger partial charge in [0.1, 0.15) is 0 Å². The Hall–Kier alpha value is -3.37. The number of rotatable bonds is 12. The molecule has 0 atom stereocenters. The minimum Gasteiger partial charge on any atom is -0.376 e. The number of hydrogen-bond acceptors (Lipinski definition) is 3. The third-order valence-corrected chi connectivity index (χ3v) is 6.48. The van der Waals surface area contributed by atoms with Crippen LogP contribution in [0.15, 0.2) is 102 Å². The van der Waals surface area contributed by atoms with E-state index in [0.717, 1.165) is 54.9 Å². The fourth-order valence-corrected chi connectivity index (χ4v) is 4.57. The molecule has 35 heavy (non-hydrogen) atoms. The molecule has 0 bridgehead atoms. The maximum Gasteiger partial charge on any atom is 0.251 e. The van der Waals surface area contributed by atoms with Crippen LogP contribution in [0.4, 0.5) is 5.69 Å². The molecule has 3 aromatic rings. The normalized spacial score (nSPS) is 14.9. The van der Waals surface area contributed by atoms with E-state index in [1.54, 1.807) is 0 Å². The van der Waals surface area contributed by atoms with Gasteiger partial charge >= 0.3 is 0 Å². The number of hydrogen-bond donors (Lipinski definition) is 0. The Morgan fingerprint density at radius 3 is 2.17 bits per heavy atom. The lowest BCUT2D eigenvalue weighted by Gasteiger charge is -2.30. The molecule has 1 amide bonds. The molecule has 0 saturated carbocycles. The average Bonchev–Trinajstić information content (AvgIpc) is 3.28. The highest BCUT2D eigenvalue weighted by molar-refractivity contribution is 5.97. The predicted molar refractivity (Wildman–Crippen MR) is 143 cm³/mol. The Bertz CT molecular complexity index is 1080. The quantitative estimate of drug-likeness (QED) is 0.222. The Kier molecular flexibility index (Phi) is 9.13. The summed E-state index contributed by atoms with van der Waals surface area (Å²) < 4.78 is 6.09. The molecule has 0 aromatic heterocycles. The number of benzene rings is 3. The number of unbranched alkanes of at least 4 members (excludes halogenated alkanes) is 1. The second-order valence-electron chi connectivity index (χ2n) is 9.02. The molecule has 1 heterocycles. The first-order valence-electron chi connectivity index (χ1n) is 12.8. The Morgan fingerprint density at radius 1 is 0.886 bits per heavy atom. The van der Waals surface area contributed by atoms with Crippen LogP contribution in [-0.2, 0) is 22.7 Å². The molecule has 0 N–H and O–H groups in total. The zero-order valence-corrected chi connectivity index (χ0v) is 20.7. The van der Waals surface area contributed by atoms with Crippen molar-refractivity contribution < 1.29 is 9.53 Å². The molecule has 0 aliphatic carbocycles. The Morgan fingerprint density at radius 2 is 1.51 bits per heavy atom. The average molecular weight is 469 g/mol. The Balaban J connectivity index is 1.62. The number of carbonyl (C=O) groups is 1. The van der Waals surface area contributed by atoms with E-state index in [-0.39, 0.29) is 5.91 Å². The third-order valence-electron chi connectivity index (χ3n) is 6.48. The van der Waals surface area contributed by atoms with Gasteiger partial charge in [-0.25, -0.2) is 0 Å². The smallest absolute Gasteiger partial charge is 0.251 e. The molecule has 1 aliphatic rings. The van der Waals surface area contributed by atoms with Gasteiger partial charge in [-0.1, -0.05) is 92.2 Å². The fraction of sp³-hybridized carbons (Fsp3) is 0.323. The van der Waals surface area contributed by atoms with Crippen molar-refractivity contribution in [2.75, 3.05) is 24.6 Å². The third kappa shape index (κ3) is 6.83. The van der Waals surface area contributed by atoms with Crippen LogP contribution in [0.3, 0.4) is 0 Å². The SMILES string of the molecule is CCCCN1CC/C(=C(/CCOCc2ccccc2)N(Cc2ccccc2)c2ccccc2)C1=O. The molecule has 1 aliphatic heterocycles. The van der Waals surface area contributed by atoms with Gasteiger partial charge in [0.05, 0.1) is 13.2 Å². The van der Waals surface area contributed by atoms with Gasteiger partial charge in [0.2, 0.25) is 0 Å². The van der Waals surface area contributed by atoms with Crippen LogP contribution in [0.1, 0.15) is 43.7 Å². The fourth-order valence-electron chi connectivity index (χ4n) is 4.57. The van der Waals surface area contributed by atoms with Crippen LogP contribution in [-0.4, -0.2) is 30.5 Å². The van der Waals surface area contributed by atoms with E-state index in [4.69, 9.17) is 4.74 Å². The monoisotopic (exact) mass is 468 g/mol. The molecular weight excluding hydrogens is 432 g/mol. The lowest BCUT2D eigenvalue weighted by atomic mass is 10.1. The number of ether oxygens (including phenoxy) is 1. The zero-order valence-electron chi connectivity index (χ0n) is 20.7. The summed E-state index contributed by atoms with van der Waals surface area (Å²) in [6.07, 6.45) is 3.61. The largest absolute Gasteiger partial charge is 0.376 e. The molecule has 4 rings (SSSR count). The molecule has 4 heteroatoms. The second-order valence-corrected chi connectivity index (χ2v) is 9.02. The summed E-state index contributed by atoms with van der Waals surface area (Å²) in [6.45, 7) is 5.66. The number of carbonyl (C=O) groups excluding carboxylic acids is 1. The maximum atomic E-state index is 13.5. The first kappa shape index (κ1) is 24.7. The summed E-state index contributed by atoms with van der Waals surface area (Å²) in [5.41, 5.74) is 5.49. The van der Waals surface area contributed by atoms with Crippen molar-refractivity contribution >= 4 is 11.6 Å². The highest BCUT2D eigenvalue weighted by atomic mass is 16.5. The van der Waals surface area contributed by atoms with Crippen molar-refractivity contribution in [1.82, 2.24) is 4.90 Å². The van der Waals surface area contributed by atoms with E-state index in [1.165, 1.54) is 5.56 Å². The van der Waals surface area contributed by atoms with Crippen LogP contribution < -0.4 is 4.90 Å². The summed E-state index contributed by atoms with van der Waals surface area (Å²) in [7, 11) is 0. The lowest BCUT2D eigenvalue weighted by molar-refractivity contribution is -0.124.